The number of hydrogen-bond acceptors (Lipinski definition) is 6. The van der Waals surface area contributed by atoms with Gasteiger partial charge in [-0.3, -0.25) is 0 Å². The van der Waals surface area contributed by atoms with Crippen LogP contribution < -0.4 is 14.7 Å². The average molecular weight is 1600 g/mol. The Labute approximate surface area is 724 Å². The maximum absolute atomic E-state index is 6.35. The van der Waals surface area contributed by atoms with Gasteiger partial charge in [-0.1, -0.05) is 339 Å². The van der Waals surface area contributed by atoms with Gasteiger partial charge in [0, 0.05) is 101 Å². The molecule has 0 saturated heterocycles. The van der Waals surface area contributed by atoms with Crippen LogP contribution in [0.2, 0.25) is 0 Å². The summed E-state index contributed by atoms with van der Waals surface area (Å²) >= 11 is 0. The Morgan fingerprint density at radius 2 is 0.472 bits per heavy atom. The van der Waals surface area contributed by atoms with Gasteiger partial charge in [0.15, 0.2) is 0 Å². The molecule has 0 aliphatic heterocycles. The standard InChI is InChI=1S/2C40H27NO.C39H27NO/c1-3-12-28(13-4-1)30-16-11-17-31(26-30)41(32-22-23-37-36-20-9-10-21-39(36)42-40(37)27-32)38-25-24-33(29-14-5-2-6-15-29)34-18-7-8-19-35(34)38;1-2-9-28(10-3-1)29-17-21-32(22-18-29)41(34-25-26-38-37-14-6-7-16-39(37)42-40(38)27-34)33-23-19-31(20-24-33)36-15-8-12-30-11-4-5-13-35(30)36;1-26-16-23-38-36(24-26)35-22-21-31(25-39(35)41-38)40(37-15-7-11-28-9-3-5-13-34(28)37)30-19-17-29(18-20-30)33-14-6-10-27-8-2-4-12-32(27)33/h2*1-27H;2-25H,1H3. The van der Waals surface area contributed by atoms with Crippen LogP contribution in [0, 0.1) is 6.92 Å². The fourth-order valence-electron chi connectivity index (χ4n) is 18.2. The third kappa shape index (κ3) is 14.4. The molecule has 24 rings (SSSR count). The predicted molar refractivity (Wildman–Crippen MR) is 527 cm³/mol. The first-order valence-electron chi connectivity index (χ1n) is 42.6. The first-order valence-corrected chi connectivity index (χ1v) is 42.6. The first-order chi connectivity index (χ1) is 61.9. The SMILES string of the molecule is Cc1ccc2oc3cc(N(c4ccc(-c5cccc6ccccc56)cc4)c4cccc5ccccc45)ccc3c2c1.c1ccc(-c2ccc(N(c3ccc(-c4cccc5ccccc45)cc3)c3ccc4c(c3)oc3ccccc34)cc2)cc1.c1ccc(-c2cccc(N(c3ccc4c(c3)oc3ccccc34)c3ccc(-c4ccccc4)c4ccccc34)c2)cc1. The lowest BCUT2D eigenvalue weighted by molar-refractivity contribution is 0.668. The van der Waals surface area contributed by atoms with Gasteiger partial charge in [-0.05, 0) is 216 Å². The van der Waals surface area contributed by atoms with Crippen LogP contribution in [0.5, 0.6) is 0 Å². The van der Waals surface area contributed by atoms with Crippen LogP contribution in [0.15, 0.2) is 486 Å². The van der Waals surface area contributed by atoms with Crippen LogP contribution in [0.3, 0.4) is 0 Å². The van der Waals surface area contributed by atoms with E-state index in [9.17, 15) is 0 Å². The average Bonchev–Trinajstić information content (AvgIpc) is 1.66. The second-order valence-corrected chi connectivity index (χ2v) is 31.9. The van der Waals surface area contributed by atoms with Crippen molar-refractivity contribution in [1.29, 1.82) is 0 Å². The van der Waals surface area contributed by atoms with Gasteiger partial charge in [-0.25, -0.2) is 0 Å². The molecule has 6 nitrogen and oxygen atoms in total. The molecule has 24 aromatic rings. The monoisotopic (exact) mass is 1600 g/mol. The summed E-state index contributed by atoms with van der Waals surface area (Å²) in [5, 5.41) is 16.7. The van der Waals surface area contributed by atoms with Crippen molar-refractivity contribution in [2.24, 2.45) is 0 Å². The van der Waals surface area contributed by atoms with Crippen molar-refractivity contribution in [1.82, 2.24) is 0 Å². The van der Waals surface area contributed by atoms with Crippen LogP contribution in [0.1, 0.15) is 5.56 Å². The highest BCUT2D eigenvalue weighted by molar-refractivity contribution is 6.12. The molecule has 0 aliphatic carbocycles. The van der Waals surface area contributed by atoms with Crippen LogP contribution in [-0.2, 0) is 0 Å². The number of aryl methyl sites for hydroxylation is 1. The summed E-state index contributed by atoms with van der Waals surface area (Å²) in [6.45, 7) is 2.12. The summed E-state index contributed by atoms with van der Waals surface area (Å²) in [5.74, 6) is 0. The number of benzene rings is 21. The second-order valence-electron chi connectivity index (χ2n) is 31.9. The normalized spacial score (nSPS) is 11.4. The van der Waals surface area contributed by atoms with E-state index in [2.05, 4.69) is 471 Å². The summed E-state index contributed by atoms with van der Waals surface area (Å²) in [7, 11) is 0. The Morgan fingerprint density at radius 1 is 0.152 bits per heavy atom. The molecule has 0 saturated carbocycles. The predicted octanol–water partition coefficient (Wildman–Crippen LogP) is 34.4. The highest BCUT2D eigenvalue weighted by Gasteiger charge is 2.24. The van der Waals surface area contributed by atoms with Crippen LogP contribution in [-0.4, -0.2) is 0 Å². The first kappa shape index (κ1) is 74.7. The van der Waals surface area contributed by atoms with Gasteiger partial charge in [0.2, 0.25) is 0 Å². The van der Waals surface area contributed by atoms with Gasteiger partial charge in [0.25, 0.3) is 0 Å². The van der Waals surface area contributed by atoms with E-state index in [-0.39, 0.29) is 0 Å². The molecule has 125 heavy (non-hydrogen) atoms. The second kappa shape index (κ2) is 32.5. The zero-order chi connectivity index (χ0) is 83.1. The topological polar surface area (TPSA) is 49.1 Å². The minimum absolute atomic E-state index is 0.878. The molecule has 0 fully saturated rings. The molecule has 0 N–H and O–H groups in total. The van der Waals surface area contributed by atoms with E-state index < -0.39 is 0 Å². The van der Waals surface area contributed by atoms with Gasteiger partial charge >= 0.3 is 0 Å². The van der Waals surface area contributed by atoms with Gasteiger partial charge in [0.05, 0.1) is 11.4 Å². The number of furan rings is 3. The molecule has 3 heterocycles. The van der Waals surface area contributed by atoms with Gasteiger partial charge in [0.1, 0.15) is 33.5 Å². The molecular formula is C119H81N3O3. The van der Waals surface area contributed by atoms with Crippen LogP contribution in [0.25, 0.3) is 165 Å². The van der Waals surface area contributed by atoms with Crippen molar-refractivity contribution >= 4 is 160 Å². The fraction of sp³-hybridized carbons (Fsp3) is 0.00840. The summed E-state index contributed by atoms with van der Waals surface area (Å²) in [5.41, 5.74) is 28.4. The van der Waals surface area contributed by atoms with E-state index in [0.717, 1.165) is 117 Å². The van der Waals surface area contributed by atoms with E-state index in [4.69, 9.17) is 13.3 Å². The van der Waals surface area contributed by atoms with Crippen molar-refractivity contribution in [3.63, 3.8) is 0 Å². The zero-order valence-corrected chi connectivity index (χ0v) is 68.6. The number of nitrogens with zero attached hydrogens (tertiary/aromatic N) is 3. The Hall–Kier alpha value is -16.5. The maximum Gasteiger partial charge on any atom is 0.137 e. The van der Waals surface area contributed by atoms with E-state index in [1.807, 2.05) is 24.3 Å². The summed E-state index contributed by atoms with van der Waals surface area (Å²) in [6, 6.07) is 168. The Balaban J connectivity index is 0.000000111. The smallest absolute Gasteiger partial charge is 0.137 e. The van der Waals surface area contributed by atoms with Crippen LogP contribution >= 0.6 is 0 Å². The van der Waals surface area contributed by atoms with Crippen molar-refractivity contribution in [3.05, 3.63) is 479 Å². The minimum atomic E-state index is 0.878. The number of para-hydroxylation sites is 2. The van der Waals surface area contributed by atoms with E-state index in [0.29, 0.717) is 0 Å². The van der Waals surface area contributed by atoms with Gasteiger partial charge < -0.3 is 28.0 Å². The molecule has 0 radical (unpaired) electrons. The molecule has 0 bridgehead atoms. The Kier molecular flexibility index (Phi) is 19.5. The number of hydrogen-bond donors (Lipinski definition) is 0. The minimum Gasteiger partial charge on any atom is -0.456 e. The van der Waals surface area contributed by atoms with Gasteiger partial charge in [-0.2, -0.15) is 0 Å². The highest BCUT2D eigenvalue weighted by Crippen LogP contribution is 2.48. The molecular weight excluding hydrogens is 1520 g/mol. The maximum atomic E-state index is 6.35. The molecule has 3 aromatic heterocycles. The van der Waals surface area contributed by atoms with Crippen LogP contribution in [0.4, 0.5) is 51.2 Å². The number of anilines is 9. The van der Waals surface area contributed by atoms with Gasteiger partial charge in [-0.15, -0.1) is 0 Å². The third-order valence-corrected chi connectivity index (χ3v) is 24.2. The van der Waals surface area contributed by atoms with E-state index in [1.165, 1.54) is 104 Å². The van der Waals surface area contributed by atoms with E-state index in [1.54, 1.807) is 0 Å². The fourth-order valence-corrected chi connectivity index (χ4v) is 18.2. The van der Waals surface area contributed by atoms with Crippen molar-refractivity contribution in [2.75, 3.05) is 14.7 Å². The Morgan fingerprint density at radius 3 is 1.01 bits per heavy atom. The van der Waals surface area contributed by atoms with Crippen molar-refractivity contribution < 1.29 is 13.3 Å². The van der Waals surface area contributed by atoms with E-state index >= 15 is 0 Å². The van der Waals surface area contributed by atoms with Crippen molar-refractivity contribution in [3.8, 4) is 55.6 Å². The quantitative estimate of drug-likeness (QED) is 0.108. The molecule has 21 aromatic carbocycles. The lowest BCUT2D eigenvalue weighted by Crippen LogP contribution is -2.10. The molecule has 0 atom stereocenters. The molecule has 0 spiro atoms. The van der Waals surface area contributed by atoms with Crippen molar-refractivity contribution in [2.45, 2.75) is 6.92 Å². The molecule has 590 valence electrons. The summed E-state index contributed by atoms with van der Waals surface area (Å²) < 4.78 is 19.0. The highest BCUT2D eigenvalue weighted by atomic mass is 16.3. The third-order valence-electron chi connectivity index (χ3n) is 24.2. The molecule has 6 heteroatoms. The lowest BCUT2D eigenvalue weighted by atomic mass is 9.96. The molecule has 0 unspecified atom stereocenters. The number of fused-ring (bicyclic) bond motifs is 13. The largest absolute Gasteiger partial charge is 0.456 e. The zero-order valence-electron chi connectivity index (χ0n) is 68.6. The number of rotatable bonds is 14. The molecule has 0 amide bonds. The summed E-state index contributed by atoms with van der Waals surface area (Å²) in [6.07, 6.45) is 0. The summed E-state index contributed by atoms with van der Waals surface area (Å²) in [4.78, 5) is 7.00. The Bertz CT molecular complexity index is 8100. The molecule has 0 aliphatic rings. The lowest BCUT2D eigenvalue weighted by Gasteiger charge is -2.28.